The van der Waals surface area contributed by atoms with Crippen LogP contribution in [0.15, 0.2) is 47.6 Å². The minimum Gasteiger partial charge on any atom is -0.495 e. The third-order valence-electron chi connectivity index (χ3n) is 5.64. The van der Waals surface area contributed by atoms with E-state index in [9.17, 15) is 9.59 Å². The normalized spacial score (nSPS) is 11.9. The lowest BCUT2D eigenvalue weighted by Gasteiger charge is -2.18. The Labute approximate surface area is 228 Å². The minimum absolute atomic E-state index is 0.142. The van der Waals surface area contributed by atoms with Crippen molar-refractivity contribution in [1.29, 1.82) is 0 Å². The molecule has 10 heteroatoms. The number of rotatable bonds is 12. The summed E-state index contributed by atoms with van der Waals surface area (Å²) in [5.74, 6) is 2.51. The van der Waals surface area contributed by atoms with Gasteiger partial charge < -0.3 is 24.7 Å². The van der Waals surface area contributed by atoms with Gasteiger partial charge in [-0.15, -0.1) is 10.2 Å². The van der Waals surface area contributed by atoms with Crippen LogP contribution in [0.25, 0.3) is 0 Å². The molecule has 1 aromatic heterocycles. The van der Waals surface area contributed by atoms with Crippen LogP contribution in [0, 0.1) is 5.92 Å². The summed E-state index contributed by atoms with van der Waals surface area (Å²) in [7, 11) is 1.52. The first-order valence-electron chi connectivity index (χ1n) is 12.6. The number of methoxy groups -OCH3 is 1. The molecule has 0 aliphatic carbocycles. The summed E-state index contributed by atoms with van der Waals surface area (Å²) in [6, 6.07) is 13.2. The highest BCUT2D eigenvalue weighted by atomic mass is 32.2. The predicted molar refractivity (Wildman–Crippen MR) is 151 cm³/mol. The monoisotopic (exact) mass is 539 g/mol. The topological polar surface area (TPSA) is 107 Å². The Morgan fingerprint density at radius 2 is 1.71 bits per heavy atom. The van der Waals surface area contributed by atoms with Gasteiger partial charge in [0.05, 0.1) is 18.6 Å². The summed E-state index contributed by atoms with van der Waals surface area (Å²) in [5, 5.41) is 15.0. The molecule has 0 radical (unpaired) electrons. The van der Waals surface area contributed by atoms with E-state index in [0.717, 1.165) is 5.75 Å². The standard InChI is InChI=1S/C28H37N5O4S/c1-17(2)15-33-27(19(5)37-23-11-8-21(9-12-23)18(3)4)31-32-28(33)38-16-26(35)30-22-10-13-25(36-7)24(14-22)29-20(6)34/h8-14,17-19H,15-16H2,1-7H3,(H,29,34)(H,30,35). The molecule has 204 valence electrons. The first-order valence-corrected chi connectivity index (χ1v) is 13.6. The van der Waals surface area contributed by atoms with Crippen molar-refractivity contribution in [1.82, 2.24) is 14.8 Å². The lowest BCUT2D eigenvalue weighted by atomic mass is 10.0. The van der Waals surface area contributed by atoms with E-state index in [-0.39, 0.29) is 23.7 Å². The number of benzene rings is 2. The highest BCUT2D eigenvalue weighted by molar-refractivity contribution is 7.99. The zero-order valence-electron chi connectivity index (χ0n) is 23.1. The van der Waals surface area contributed by atoms with E-state index in [2.05, 4.69) is 60.7 Å². The summed E-state index contributed by atoms with van der Waals surface area (Å²) >= 11 is 1.32. The van der Waals surface area contributed by atoms with Crippen LogP contribution in [0.4, 0.5) is 11.4 Å². The van der Waals surface area contributed by atoms with Crippen molar-refractivity contribution >= 4 is 35.0 Å². The molecular weight excluding hydrogens is 502 g/mol. The molecule has 0 saturated carbocycles. The molecule has 2 N–H and O–H groups in total. The van der Waals surface area contributed by atoms with E-state index < -0.39 is 0 Å². The number of nitrogens with zero attached hydrogens (tertiary/aromatic N) is 3. The molecule has 0 aliphatic rings. The van der Waals surface area contributed by atoms with E-state index in [1.807, 2.05) is 23.6 Å². The Morgan fingerprint density at radius 1 is 1.00 bits per heavy atom. The van der Waals surface area contributed by atoms with E-state index in [0.29, 0.717) is 46.5 Å². The van der Waals surface area contributed by atoms with Crippen molar-refractivity contribution in [2.75, 3.05) is 23.5 Å². The van der Waals surface area contributed by atoms with Gasteiger partial charge in [0.1, 0.15) is 11.5 Å². The van der Waals surface area contributed by atoms with Gasteiger partial charge in [0.15, 0.2) is 17.1 Å². The van der Waals surface area contributed by atoms with Gasteiger partial charge in [0.2, 0.25) is 11.8 Å². The summed E-state index contributed by atoms with van der Waals surface area (Å²) < 4.78 is 13.5. The molecule has 3 aromatic rings. The number of aromatic nitrogens is 3. The van der Waals surface area contributed by atoms with E-state index >= 15 is 0 Å². The third kappa shape index (κ3) is 7.98. The molecule has 0 aliphatic heterocycles. The Hall–Kier alpha value is -3.53. The Morgan fingerprint density at radius 3 is 2.32 bits per heavy atom. The van der Waals surface area contributed by atoms with Crippen LogP contribution < -0.4 is 20.1 Å². The number of ether oxygens (including phenoxy) is 2. The van der Waals surface area contributed by atoms with Gasteiger partial charge >= 0.3 is 0 Å². The first-order chi connectivity index (χ1) is 18.1. The molecule has 1 heterocycles. The molecule has 2 aromatic carbocycles. The number of carbonyl (C=O) groups is 2. The fourth-order valence-electron chi connectivity index (χ4n) is 3.83. The fraction of sp³-hybridized carbons (Fsp3) is 0.429. The molecule has 0 spiro atoms. The van der Waals surface area contributed by atoms with Gasteiger partial charge in [-0.1, -0.05) is 51.6 Å². The second-order valence-corrected chi connectivity index (χ2v) is 10.7. The zero-order chi connectivity index (χ0) is 27.8. The molecule has 3 rings (SSSR count). The number of hydrogen-bond acceptors (Lipinski definition) is 7. The minimum atomic E-state index is -0.319. The van der Waals surface area contributed by atoms with Crippen molar-refractivity contribution in [2.45, 2.75) is 65.3 Å². The average Bonchev–Trinajstić information content (AvgIpc) is 3.24. The van der Waals surface area contributed by atoms with Crippen LogP contribution >= 0.6 is 11.8 Å². The maximum atomic E-state index is 12.7. The Bertz CT molecular complexity index is 1240. The maximum Gasteiger partial charge on any atom is 0.234 e. The van der Waals surface area contributed by atoms with Crippen molar-refractivity contribution < 1.29 is 19.1 Å². The molecule has 0 fully saturated rings. The average molecular weight is 540 g/mol. The summed E-state index contributed by atoms with van der Waals surface area (Å²) in [6.45, 7) is 12.6. The zero-order valence-corrected chi connectivity index (χ0v) is 23.9. The van der Waals surface area contributed by atoms with Gasteiger partial charge in [-0.05, 0) is 54.7 Å². The molecule has 9 nitrogen and oxygen atoms in total. The molecule has 2 amide bonds. The fourth-order valence-corrected chi connectivity index (χ4v) is 4.59. The Balaban J connectivity index is 1.69. The molecule has 1 unspecified atom stereocenters. The second-order valence-electron chi connectivity index (χ2n) is 9.76. The van der Waals surface area contributed by atoms with Crippen molar-refractivity contribution in [3.63, 3.8) is 0 Å². The SMILES string of the molecule is COc1ccc(NC(=O)CSc2nnc(C(C)Oc3ccc(C(C)C)cc3)n2CC(C)C)cc1NC(C)=O. The van der Waals surface area contributed by atoms with Crippen molar-refractivity contribution in [2.24, 2.45) is 5.92 Å². The van der Waals surface area contributed by atoms with Gasteiger partial charge in [-0.2, -0.15) is 0 Å². The van der Waals surface area contributed by atoms with Gasteiger partial charge in [-0.25, -0.2) is 0 Å². The van der Waals surface area contributed by atoms with Gasteiger partial charge in [0, 0.05) is 19.2 Å². The number of amides is 2. The van der Waals surface area contributed by atoms with Crippen LogP contribution in [-0.2, 0) is 16.1 Å². The molecule has 0 bridgehead atoms. The quantitative estimate of drug-likeness (QED) is 0.276. The summed E-state index contributed by atoms with van der Waals surface area (Å²) in [5.41, 5.74) is 2.29. The number of hydrogen-bond donors (Lipinski definition) is 2. The van der Waals surface area contributed by atoms with E-state index in [1.165, 1.54) is 31.4 Å². The van der Waals surface area contributed by atoms with Crippen molar-refractivity contribution in [3.8, 4) is 11.5 Å². The van der Waals surface area contributed by atoms with E-state index in [4.69, 9.17) is 9.47 Å². The summed E-state index contributed by atoms with van der Waals surface area (Å²) in [4.78, 5) is 24.2. The number of nitrogens with one attached hydrogen (secondary N) is 2. The highest BCUT2D eigenvalue weighted by Gasteiger charge is 2.21. The van der Waals surface area contributed by atoms with E-state index in [1.54, 1.807) is 18.2 Å². The first kappa shape index (κ1) is 29.0. The highest BCUT2D eigenvalue weighted by Crippen LogP contribution is 2.29. The van der Waals surface area contributed by atoms with Gasteiger partial charge in [-0.3, -0.25) is 9.59 Å². The predicted octanol–water partition coefficient (Wildman–Crippen LogP) is 5.90. The van der Waals surface area contributed by atoms with Crippen LogP contribution in [0.2, 0.25) is 0 Å². The molecule has 0 saturated heterocycles. The van der Waals surface area contributed by atoms with Crippen LogP contribution in [-0.4, -0.2) is 39.4 Å². The largest absolute Gasteiger partial charge is 0.495 e. The third-order valence-corrected chi connectivity index (χ3v) is 6.61. The molecule has 38 heavy (non-hydrogen) atoms. The van der Waals surface area contributed by atoms with Crippen LogP contribution in [0.3, 0.4) is 0 Å². The molecule has 1 atom stereocenters. The smallest absolute Gasteiger partial charge is 0.234 e. The molecular formula is C28H37N5O4S. The number of carbonyl (C=O) groups excluding carboxylic acids is 2. The number of anilines is 2. The van der Waals surface area contributed by atoms with Crippen LogP contribution in [0.5, 0.6) is 11.5 Å². The number of thioether (sulfide) groups is 1. The second kappa shape index (κ2) is 13.3. The lowest BCUT2D eigenvalue weighted by Crippen LogP contribution is -2.17. The maximum absolute atomic E-state index is 12.7. The van der Waals surface area contributed by atoms with Crippen molar-refractivity contribution in [3.05, 3.63) is 53.9 Å². The summed E-state index contributed by atoms with van der Waals surface area (Å²) in [6.07, 6.45) is -0.319. The lowest BCUT2D eigenvalue weighted by molar-refractivity contribution is -0.114. The Kier molecular flexibility index (Phi) is 10.2. The van der Waals surface area contributed by atoms with Crippen LogP contribution in [0.1, 0.15) is 65.0 Å². The van der Waals surface area contributed by atoms with Gasteiger partial charge in [0.25, 0.3) is 0 Å².